The Bertz CT molecular complexity index is 819. The SMILES string of the molecule is Cc1ccc(C(=O)N2CCN(S(=O)(=O)c3ccc(Br)s3)CC2)o1. The summed E-state index contributed by atoms with van der Waals surface area (Å²) >= 11 is 4.46. The third-order valence-electron chi connectivity index (χ3n) is 3.62. The van der Waals surface area contributed by atoms with Gasteiger partial charge in [0.15, 0.2) is 5.76 Å². The molecule has 0 N–H and O–H groups in total. The zero-order valence-corrected chi connectivity index (χ0v) is 15.6. The van der Waals surface area contributed by atoms with Crippen LogP contribution in [0.5, 0.6) is 0 Å². The lowest BCUT2D eigenvalue weighted by atomic mass is 10.3. The summed E-state index contributed by atoms with van der Waals surface area (Å²) in [6.07, 6.45) is 0. The quantitative estimate of drug-likeness (QED) is 0.767. The van der Waals surface area contributed by atoms with Crippen LogP contribution in [0, 0.1) is 6.92 Å². The van der Waals surface area contributed by atoms with Crippen LogP contribution in [-0.4, -0.2) is 49.7 Å². The smallest absolute Gasteiger partial charge is 0.289 e. The second-order valence-corrected chi connectivity index (χ2v) is 9.79. The van der Waals surface area contributed by atoms with Crippen LogP contribution < -0.4 is 0 Å². The fraction of sp³-hybridized carbons (Fsp3) is 0.357. The van der Waals surface area contributed by atoms with Crippen LogP contribution in [0.2, 0.25) is 0 Å². The number of amides is 1. The Morgan fingerprint density at radius 3 is 2.39 bits per heavy atom. The van der Waals surface area contributed by atoms with E-state index in [1.807, 2.05) is 0 Å². The Kier molecular flexibility index (Phi) is 4.63. The molecule has 1 fully saturated rings. The molecule has 6 nitrogen and oxygen atoms in total. The molecule has 9 heteroatoms. The number of hydrogen-bond acceptors (Lipinski definition) is 5. The number of sulfonamides is 1. The molecule has 2 aromatic heterocycles. The van der Waals surface area contributed by atoms with E-state index in [1.165, 1.54) is 15.6 Å². The van der Waals surface area contributed by atoms with Gasteiger partial charge in [0.25, 0.3) is 15.9 Å². The van der Waals surface area contributed by atoms with Crippen molar-refractivity contribution < 1.29 is 17.6 Å². The topological polar surface area (TPSA) is 70.8 Å². The van der Waals surface area contributed by atoms with Gasteiger partial charge in [-0.3, -0.25) is 4.79 Å². The molecule has 1 amide bonds. The largest absolute Gasteiger partial charge is 0.456 e. The molecule has 3 rings (SSSR count). The molecule has 1 aliphatic heterocycles. The number of hydrogen-bond donors (Lipinski definition) is 0. The minimum atomic E-state index is -3.49. The van der Waals surface area contributed by atoms with E-state index < -0.39 is 10.0 Å². The number of thiophene rings is 1. The number of halogens is 1. The molecule has 124 valence electrons. The molecule has 1 saturated heterocycles. The first-order chi connectivity index (χ1) is 10.9. The van der Waals surface area contributed by atoms with Crippen molar-refractivity contribution in [3.05, 3.63) is 39.6 Å². The Balaban J connectivity index is 1.67. The Morgan fingerprint density at radius 2 is 1.87 bits per heavy atom. The second kappa shape index (κ2) is 6.39. The molecule has 0 spiro atoms. The van der Waals surface area contributed by atoms with Crippen LogP contribution in [0.1, 0.15) is 16.3 Å². The number of carbonyl (C=O) groups is 1. The van der Waals surface area contributed by atoms with Gasteiger partial charge in [-0.2, -0.15) is 4.31 Å². The summed E-state index contributed by atoms with van der Waals surface area (Å²) in [5.74, 6) is 0.771. The molecule has 0 aliphatic carbocycles. The van der Waals surface area contributed by atoms with E-state index in [9.17, 15) is 13.2 Å². The molecule has 0 radical (unpaired) electrons. The van der Waals surface area contributed by atoms with Crippen molar-refractivity contribution >= 4 is 43.2 Å². The second-order valence-electron chi connectivity index (χ2n) is 5.17. The first-order valence-electron chi connectivity index (χ1n) is 6.99. The lowest BCUT2D eigenvalue weighted by Gasteiger charge is -2.33. The average Bonchev–Trinajstić information content (AvgIpc) is 3.15. The third kappa shape index (κ3) is 3.37. The third-order valence-corrected chi connectivity index (χ3v) is 7.61. The van der Waals surface area contributed by atoms with Gasteiger partial charge in [0, 0.05) is 26.2 Å². The molecule has 0 atom stereocenters. The average molecular weight is 419 g/mol. The van der Waals surface area contributed by atoms with Crippen molar-refractivity contribution in [2.75, 3.05) is 26.2 Å². The standard InChI is InChI=1S/C14H15BrN2O4S2/c1-10-2-3-11(21-10)14(18)16-6-8-17(9-7-16)23(19,20)13-5-4-12(15)22-13/h2-5H,6-9H2,1H3. The molecule has 0 bridgehead atoms. The van der Waals surface area contributed by atoms with Crippen LogP contribution in [0.25, 0.3) is 0 Å². The Hall–Kier alpha value is -1.16. The van der Waals surface area contributed by atoms with Crippen LogP contribution in [0.15, 0.2) is 36.7 Å². The predicted octanol–water partition coefficient (Wildman–Crippen LogP) is 2.56. The van der Waals surface area contributed by atoms with Gasteiger partial charge < -0.3 is 9.32 Å². The van der Waals surface area contributed by atoms with Crippen molar-refractivity contribution in [3.63, 3.8) is 0 Å². The zero-order valence-electron chi connectivity index (χ0n) is 12.4. The summed E-state index contributed by atoms with van der Waals surface area (Å²) in [4.78, 5) is 13.9. The van der Waals surface area contributed by atoms with Crippen LogP contribution >= 0.6 is 27.3 Å². The number of nitrogens with zero attached hydrogens (tertiary/aromatic N) is 2. The summed E-state index contributed by atoms with van der Waals surface area (Å²) in [6.45, 7) is 3.04. The summed E-state index contributed by atoms with van der Waals surface area (Å²) in [6, 6.07) is 6.69. The van der Waals surface area contributed by atoms with Gasteiger partial charge in [-0.15, -0.1) is 11.3 Å². The summed E-state index contributed by atoms with van der Waals surface area (Å²) in [5, 5.41) is 0. The minimum Gasteiger partial charge on any atom is -0.456 e. The number of rotatable bonds is 3. The molecular weight excluding hydrogens is 404 g/mol. The van der Waals surface area contributed by atoms with Crippen LogP contribution in [0.3, 0.4) is 0 Å². The monoisotopic (exact) mass is 418 g/mol. The molecule has 0 unspecified atom stereocenters. The van der Waals surface area contributed by atoms with Crippen molar-refractivity contribution in [2.24, 2.45) is 0 Å². The van der Waals surface area contributed by atoms with Gasteiger partial charge in [0.05, 0.1) is 3.79 Å². The highest BCUT2D eigenvalue weighted by molar-refractivity contribution is 9.11. The number of piperazine rings is 1. The van der Waals surface area contributed by atoms with Gasteiger partial charge >= 0.3 is 0 Å². The van der Waals surface area contributed by atoms with E-state index in [1.54, 1.807) is 36.1 Å². The summed E-state index contributed by atoms with van der Waals surface area (Å²) < 4.78 is 32.9. The first-order valence-corrected chi connectivity index (χ1v) is 10.0. The molecule has 3 heterocycles. The maximum absolute atomic E-state index is 12.5. The first kappa shape index (κ1) is 16.7. The number of aryl methyl sites for hydroxylation is 1. The van der Waals surface area contributed by atoms with Gasteiger partial charge in [-0.1, -0.05) is 0 Å². The van der Waals surface area contributed by atoms with Crippen molar-refractivity contribution in [2.45, 2.75) is 11.1 Å². The number of furan rings is 1. The van der Waals surface area contributed by atoms with E-state index in [-0.39, 0.29) is 19.0 Å². The van der Waals surface area contributed by atoms with Crippen molar-refractivity contribution in [3.8, 4) is 0 Å². The van der Waals surface area contributed by atoms with Crippen molar-refractivity contribution in [1.82, 2.24) is 9.21 Å². The maximum Gasteiger partial charge on any atom is 0.289 e. The van der Waals surface area contributed by atoms with E-state index in [0.717, 1.165) is 3.79 Å². The lowest BCUT2D eigenvalue weighted by Crippen LogP contribution is -2.50. The minimum absolute atomic E-state index is 0.200. The normalized spacial score (nSPS) is 16.7. The zero-order chi connectivity index (χ0) is 16.6. The van der Waals surface area contributed by atoms with Crippen LogP contribution in [0.4, 0.5) is 0 Å². The highest BCUT2D eigenvalue weighted by Crippen LogP contribution is 2.29. The molecule has 1 aliphatic rings. The maximum atomic E-state index is 12.5. The van der Waals surface area contributed by atoms with E-state index >= 15 is 0 Å². The highest BCUT2D eigenvalue weighted by atomic mass is 79.9. The molecule has 23 heavy (non-hydrogen) atoms. The van der Waals surface area contributed by atoms with Crippen LogP contribution in [-0.2, 0) is 10.0 Å². The summed E-state index contributed by atoms with van der Waals surface area (Å²) in [5.41, 5.74) is 0. The Labute approximate surface area is 146 Å². The van der Waals surface area contributed by atoms with Crippen molar-refractivity contribution in [1.29, 1.82) is 0 Å². The molecule has 0 aromatic carbocycles. The predicted molar refractivity (Wildman–Crippen MR) is 90.1 cm³/mol. The fourth-order valence-electron chi connectivity index (χ4n) is 2.40. The molecular formula is C14H15BrN2O4S2. The van der Waals surface area contributed by atoms with Gasteiger partial charge in [0.2, 0.25) is 0 Å². The molecule has 2 aromatic rings. The van der Waals surface area contributed by atoms with Gasteiger partial charge in [-0.25, -0.2) is 8.42 Å². The highest BCUT2D eigenvalue weighted by Gasteiger charge is 2.32. The van der Waals surface area contributed by atoms with E-state index in [2.05, 4.69) is 15.9 Å². The fourth-order valence-corrected chi connectivity index (χ4v) is 5.99. The van der Waals surface area contributed by atoms with Gasteiger partial charge in [0.1, 0.15) is 9.97 Å². The van der Waals surface area contributed by atoms with Gasteiger partial charge in [-0.05, 0) is 47.1 Å². The van der Waals surface area contributed by atoms with E-state index in [0.29, 0.717) is 28.8 Å². The summed E-state index contributed by atoms with van der Waals surface area (Å²) in [7, 11) is -3.49. The lowest BCUT2D eigenvalue weighted by molar-refractivity contribution is 0.0664. The molecule has 0 saturated carbocycles. The Morgan fingerprint density at radius 1 is 1.17 bits per heavy atom. The van der Waals surface area contributed by atoms with E-state index in [4.69, 9.17) is 4.42 Å². The number of carbonyl (C=O) groups excluding carboxylic acids is 1.